The van der Waals surface area contributed by atoms with Gasteiger partial charge in [-0.2, -0.15) is 5.26 Å². The Morgan fingerprint density at radius 1 is 1.40 bits per heavy atom. The highest BCUT2D eigenvalue weighted by atomic mass is 16.5. The second-order valence-corrected chi connectivity index (χ2v) is 5.39. The summed E-state index contributed by atoms with van der Waals surface area (Å²) in [5.74, 6) is 0.969. The van der Waals surface area contributed by atoms with Crippen molar-refractivity contribution in [1.29, 1.82) is 5.26 Å². The zero-order valence-electron chi connectivity index (χ0n) is 11.9. The Balaban J connectivity index is 1.86. The molecule has 1 fully saturated rings. The third-order valence-electron chi connectivity index (χ3n) is 3.99. The van der Waals surface area contributed by atoms with Gasteiger partial charge in [0.05, 0.1) is 18.8 Å². The summed E-state index contributed by atoms with van der Waals surface area (Å²) in [4.78, 5) is 0. The monoisotopic (exact) mass is 274 g/mol. The van der Waals surface area contributed by atoms with E-state index in [1.165, 1.54) is 6.42 Å². The van der Waals surface area contributed by atoms with Crippen LogP contribution >= 0.6 is 0 Å². The van der Waals surface area contributed by atoms with Gasteiger partial charge in [0, 0.05) is 13.1 Å². The molecule has 4 heteroatoms. The highest BCUT2D eigenvalue weighted by molar-refractivity contribution is 5.45. The van der Waals surface area contributed by atoms with Gasteiger partial charge in [-0.1, -0.05) is 18.9 Å². The maximum Gasteiger partial charge on any atom is 0.136 e. The van der Waals surface area contributed by atoms with Crippen LogP contribution in [0.15, 0.2) is 18.2 Å². The fourth-order valence-electron chi connectivity index (χ4n) is 2.78. The molecule has 0 amide bonds. The van der Waals surface area contributed by atoms with Crippen LogP contribution in [0.4, 0.5) is 0 Å². The molecule has 0 aromatic heterocycles. The summed E-state index contributed by atoms with van der Waals surface area (Å²) in [5.41, 5.74) is 1.62. The average molecular weight is 274 g/mol. The smallest absolute Gasteiger partial charge is 0.136 e. The van der Waals surface area contributed by atoms with Crippen LogP contribution in [-0.2, 0) is 6.54 Å². The normalized spacial score (nSPS) is 22.2. The van der Waals surface area contributed by atoms with Crippen molar-refractivity contribution >= 4 is 0 Å². The molecule has 1 aromatic rings. The van der Waals surface area contributed by atoms with Crippen LogP contribution in [0.1, 0.15) is 36.8 Å². The van der Waals surface area contributed by atoms with Gasteiger partial charge in [-0.05, 0) is 36.5 Å². The summed E-state index contributed by atoms with van der Waals surface area (Å²) in [5, 5.41) is 22.4. The zero-order chi connectivity index (χ0) is 14.4. The number of aliphatic hydroxyl groups is 1. The molecule has 0 bridgehead atoms. The van der Waals surface area contributed by atoms with E-state index in [-0.39, 0.29) is 6.10 Å². The number of hydrogen-bond donors (Lipinski definition) is 2. The van der Waals surface area contributed by atoms with Gasteiger partial charge in [0.25, 0.3) is 0 Å². The highest BCUT2D eigenvalue weighted by Gasteiger charge is 2.22. The molecule has 2 N–H and O–H groups in total. The Morgan fingerprint density at radius 3 is 2.90 bits per heavy atom. The molecule has 0 aliphatic heterocycles. The minimum atomic E-state index is -0.165. The van der Waals surface area contributed by atoms with E-state index < -0.39 is 0 Å². The number of nitrogens with zero attached hydrogens (tertiary/aromatic N) is 1. The van der Waals surface area contributed by atoms with Crippen molar-refractivity contribution in [1.82, 2.24) is 5.32 Å². The highest BCUT2D eigenvalue weighted by Crippen LogP contribution is 2.24. The van der Waals surface area contributed by atoms with Crippen LogP contribution in [0.3, 0.4) is 0 Å². The van der Waals surface area contributed by atoms with Gasteiger partial charge in [-0.15, -0.1) is 0 Å². The van der Waals surface area contributed by atoms with Crippen LogP contribution in [0.5, 0.6) is 5.75 Å². The molecule has 0 spiro atoms. The van der Waals surface area contributed by atoms with Gasteiger partial charge in [0.15, 0.2) is 0 Å². The van der Waals surface area contributed by atoms with Crippen molar-refractivity contribution in [2.75, 3.05) is 13.7 Å². The lowest BCUT2D eigenvalue weighted by molar-refractivity contribution is 0.0695. The molecule has 0 radical (unpaired) electrons. The van der Waals surface area contributed by atoms with Crippen molar-refractivity contribution < 1.29 is 9.84 Å². The minimum absolute atomic E-state index is 0.165. The molecule has 0 saturated heterocycles. The summed E-state index contributed by atoms with van der Waals surface area (Å²) in [6, 6.07) is 7.78. The maximum atomic E-state index is 9.92. The number of methoxy groups -OCH3 is 1. The van der Waals surface area contributed by atoms with E-state index in [4.69, 9.17) is 10.00 Å². The van der Waals surface area contributed by atoms with E-state index in [2.05, 4.69) is 11.4 Å². The molecule has 108 valence electrons. The van der Waals surface area contributed by atoms with Crippen LogP contribution in [0.25, 0.3) is 0 Å². The molecule has 1 aliphatic rings. The number of ether oxygens (including phenoxy) is 1. The van der Waals surface area contributed by atoms with Crippen molar-refractivity contribution in [2.45, 2.75) is 38.3 Å². The largest absolute Gasteiger partial charge is 0.495 e. The second-order valence-electron chi connectivity index (χ2n) is 5.39. The van der Waals surface area contributed by atoms with Gasteiger partial charge in [0.2, 0.25) is 0 Å². The van der Waals surface area contributed by atoms with Gasteiger partial charge in [-0.25, -0.2) is 0 Å². The van der Waals surface area contributed by atoms with Gasteiger partial charge < -0.3 is 15.2 Å². The number of aliphatic hydroxyl groups excluding tert-OH is 1. The number of nitriles is 1. The number of benzene rings is 1. The molecule has 1 aliphatic carbocycles. The molecular formula is C16H22N2O2. The summed E-state index contributed by atoms with van der Waals surface area (Å²) in [6.07, 6.45) is 4.21. The number of rotatable bonds is 5. The molecular weight excluding hydrogens is 252 g/mol. The Bertz CT molecular complexity index is 482. The van der Waals surface area contributed by atoms with Gasteiger partial charge in [-0.3, -0.25) is 0 Å². The van der Waals surface area contributed by atoms with E-state index in [1.807, 2.05) is 18.2 Å². The average Bonchev–Trinajstić information content (AvgIpc) is 2.49. The Morgan fingerprint density at radius 2 is 2.20 bits per heavy atom. The Kier molecular flexibility index (Phi) is 5.40. The van der Waals surface area contributed by atoms with Crippen LogP contribution < -0.4 is 10.1 Å². The maximum absolute atomic E-state index is 9.92. The predicted octanol–water partition coefficient (Wildman–Crippen LogP) is 2.21. The lowest BCUT2D eigenvalue weighted by atomic mass is 9.86. The summed E-state index contributed by atoms with van der Waals surface area (Å²) in [7, 11) is 1.57. The Hall–Kier alpha value is -1.57. The third kappa shape index (κ3) is 3.72. The fraction of sp³-hybridized carbons (Fsp3) is 0.562. The minimum Gasteiger partial charge on any atom is -0.495 e. The first kappa shape index (κ1) is 14.8. The van der Waals surface area contributed by atoms with Crippen LogP contribution in [-0.4, -0.2) is 24.9 Å². The standard InChI is InChI=1S/C16H22N2O2/c1-20-16-7-6-12(8-14(16)9-17)10-18-11-13-4-2-3-5-15(13)19/h6-8,13,15,18-19H,2-5,10-11H2,1H3. The molecule has 0 heterocycles. The van der Waals surface area contributed by atoms with E-state index in [0.717, 1.165) is 31.4 Å². The molecule has 2 rings (SSSR count). The Labute approximate surface area is 120 Å². The first-order valence-corrected chi connectivity index (χ1v) is 7.20. The SMILES string of the molecule is COc1ccc(CNCC2CCCCC2O)cc1C#N. The number of nitrogens with one attached hydrogen (secondary N) is 1. The fourth-order valence-corrected chi connectivity index (χ4v) is 2.78. The van der Waals surface area contributed by atoms with Crippen LogP contribution in [0, 0.1) is 17.2 Å². The molecule has 1 saturated carbocycles. The summed E-state index contributed by atoms with van der Waals surface area (Å²) in [6.45, 7) is 1.54. The first-order valence-electron chi connectivity index (χ1n) is 7.20. The van der Waals surface area contributed by atoms with E-state index in [1.54, 1.807) is 7.11 Å². The molecule has 20 heavy (non-hydrogen) atoms. The predicted molar refractivity (Wildman–Crippen MR) is 77.4 cm³/mol. The molecule has 2 atom stereocenters. The van der Waals surface area contributed by atoms with E-state index in [9.17, 15) is 5.11 Å². The van der Waals surface area contributed by atoms with Crippen molar-refractivity contribution in [3.05, 3.63) is 29.3 Å². The molecule has 2 unspecified atom stereocenters. The van der Waals surface area contributed by atoms with E-state index >= 15 is 0 Å². The lowest BCUT2D eigenvalue weighted by Crippen LogP contribution is -2.33. The first-order chi connectivity index (χ1) is 9.74. The van der Waals surface area contributed by atoms with Crippen molar-refractivity contribution in [3.8, 4) is 11.8 Å². The van der Waals surface area contributed by atoms with Crippen LogP contribution in [0.2, 0.25) is 0 Å². The molecule has 1 aromatic carbocycles. The van der Waals surface area contributed by atoms with Crippen molar-refractivity contribution in [3.63, 3.8) is 0 Å². The summed E-state index contributed by atoms with van der Waals surface area (Å²) < 4.78 is 5.13. The quantitative estimate of drug-likeness (QED) is 0.864. The van der Waals surface area contributed by atoms with Crippen molar-refractivity contribution in [2.24, 2.45) is 5.92 Å². The molecule has 4 nitrogen and oxygen atoms in total. The zero-order valence-corrected chi connectivity index (χ0v) is 11.9. The third-order valence-corrected chi connectivity index (χ3v) is 3.99. The lowest BCUT2D eigenvalue weighted by Gasteiger charge is -2.27. The summed E-state index contributed by atoms with van der Waals surface area (Å²) >= 11 is 0. The number of hydrogen-bond acceptors (Lipinski definition) is 4. The second kappa shape index (κ2) is 7.28. The van der Waals surface area contributed by atoms with Gasteiger partial charge in [0.1, 0.15) is 11.8 Å². The topological polar surface area (TPSA) is 65.3 Å². The van der Waals surface area contributed by atoms with Gasteiger partial charge >= 0.3 is 0 Å². The van der Waals surface area contributed by atoms with E-state index in [0.29, 0.717) is 23.8 Å².